The van der Waals surface area contributed by atoms with Gasteiger partial charge in [0, 0.05) is 19.2 Å². The summed E-state index contributed by atoms with van der Waals surface area (Å²) in [6, 6.07) is 15.8. The van der Waals surface area contributed by atoms with Gasteiger partial charge in [-0.15, -0.1) is 0 Å². The summed E-state index contributed by atoms with van der Waals surface area (Å²) in [6.45, 7) is 0.677. The Kier molecular flexibility index (Phi) is 5.63. The Bertz CT molecular complexity index is 789. The molecular formula is C19H20Cl2N4. The molecule has 2 aromatic carbocycles. The molecule has 4 N–H and O–H groups in total. The molecule has 6 heteroatoms. The number of nitrogens with one attached hydrogen (secondary N) is 2. The SMILES string of the molecule is NC1(Cc2ccc(Cl)c(Cl)c2)C=CNC(=NCCc2ccccc2)N1. The monoisotopic (exact) mass is 374 g/mol. The predicted octanol–water partition coefficient (Wildman–Crippen LogP) is 3.50. The van der Waals surface area contributed by atoms with Crippen LogP contribution < -0.4 is 16.4 Å². The molecule has 4 nitrogen and oxygen atoms in total. The van der Waals surface area contributed by atoms with E-state index in [2.05, 4.69) is 27.8 Å². The van der Waals surface area contributed by atoms with Crippen molar-refractivity contribution in [1.82, 2.24) is 10.6 Å². The van der Waals surface area contributed by atoms with E-state index in [1.165, 1.54) is 5.56 Å². The molecule has 0 bridgehead atoms. The largest absolute Gasteiger partial charge is 0.334 e. The van der Waals surface area contributed by atoms with Crippen LogP contribution in [0.15, 0.2) is 65.8 Å². The van der Waals surface area contributed by atoms with E-state index in [-0.39, 0.29) is 0 Å². The molecule has 1 atom stereocenters. The summed E-state index contributed by atoms with van der Waals surface area (Å²) in [4.78, 5) is 4.56. The Balaban J connectivity index is 1.63. The zero-order chi connectivity index (χ0) is 17.7. The smallest absolute Gasteiger partial charge is 0.197 e. The first-order chi connectivity index (χ1) is 12.0. The van der Waals surface area contributed by atoms with Gasteiger partial charge in [-0.25, -0.2) is 0 Å². The lowest BCUT2D eigenvalue weighted by Crippen LogP contribution is -2.61. The summed E-state index contributed by atoms with van der Waals surface area (Å²) in [5, 5.41) is 7.41. The highest BCUT2D eigenvalue weighted by Gasteiger charge is 2.26. The number of hydrogen-bond donors (Lipinski definition) is 3. The first-order valence-electron chi connectivity index (χ1n) is 8.08. The van der Waals surface area contributed by atoms with Crippen molar-refractivity contribution in [3.8, 4) is 0 Å². The number of nitrogens with two attached hydrogens (primary N) is 1. The fourth-order valence-electron chi connectivity index (χ4n) is 2.68. The fourth-order valence-corrected chi connectivity index (χ4v) is 3.01. The lowest BCUT2D eigenvalue weighted by atomic mass is 9.99. The van der Waals surface area contributed by atoms with Crippen LogP contribution >= 0.6 is 23.2 Å². The lowest BCUT2D eigenvalue weighted by molar-refractivity contribution is 0.472. The minimum absolute atomic E-state index is 0.525. The molecule has 0 aromatic heterocycles. The number of hydrogen-bond acceptors (Lipinski definition) is 2. The van der Waals surface area contributed by atoms with Crippen molar-refractivity contribution < 1.29 is 0 Å². The molecule has 0 aliphatic carbocycles. The average molecular weight is 375 g/mol. The van der Waals surface area contributed by atoms with E-state index in [9.17, 15) is 0 Å². The number of nitrogens with zero attached hydrogens (tertiary/aromatic N) is 1. The van der Waals surface area contributed by atoms with Gasteiger partial charge in [-0.2, -0.15) is 0 Å². The van der Waals surface area contributed by atoms with E-state index >= 15 is 0 Å². The molecule has 2 aromatic rings. The zero-order valence-corrected chi connectivity index (χ0v) is 15.2. The maximum absolute atomic E-state index is 6.46. The quantitative estimate of drug-likeness (QED) is 0.750. The molecule has 0 saturated carbocycles. The molecule has 3 rings (SSSR count). The molecule has 1 aliphatic rings. The van der Waals surface area contributed by atoms with Gasteiger partial charge in [0.15, 0.2) is 5.96 Å². The minimum atomic E-state index is -0.728. The van der Waals surface area contributed by atoms with E-state index in [4.69, 9.17) is 28.9 Å². The van der Waals surface area contributed by atoms with E-state index in [0.29, 0.717) is 29.0 Å². The molecular weight excluding hydrogens is 355 g/mol. The Morgan fingerprint density at radius 2 is 1.80 bits per heavy atom. The highest BCUT2D eigenvalue weighted by atomic mass is 35.5. The van der Waals surface area contributed by atoms with Gasteiger partial charge in [0.25, 0.3) is 0 Å². The van der Waals surface area contributed by atoms with Crippen LogP contribution in [-0.2, 0) is 12.8 Å². The van der Waals surface area contributed by atoms with Crippen LogP contribution in [0.4, 0.5) is 0 Å². The van der Waals surface area contributed by atoms with Crippen molar-refractivity contribution in [3.05, 3.63) is 82.0 Å². The molecule has 1 heterocycles. The van der Waals surface area contributed by atoms with Crippen LogP contribution in [-0.4, -0.2) is 18.2 Å². The first-order valence-corrected chi connectivity index (χ1v) is 8.83. The topological polar surface area (TPSA) is 62.4 Å². The van der Waals surface area contributed by atoms with Gasteiger partial charge in [-0.3, -0.25) is 4.99 Å². The Morgan fingerprint density at radius 1 is 1.00 bits per heavy atom. The molecule has 0 radical (unpaired) electrons. The molecule has 1 unspecified atom stereocenters. The van der Waals surface area contributed by atoms with Crippen LogP contribution in [0, 0.1) is 0 Å². The molecule has 0 fully saturated rings. The van der Waals surface area contributed by atoms with Gasteiger partial charge in [-0.1, -0.05) is 59.6 Å². The van der Waals surface area contributed by atoms with Crippen molar-refractivity contribution in [2.45, 2.75) is 18.5 Å². The summed E-state index contributed by atoms with van der Waals surface area (Å²) in [5.41, 5.74) is 7.99. The Hall–Kier alpha value is -2.01. The molecule has 1 aliphatic heterocycles. The summed E-state index contributed by atoms with van der Waals surface area (Å²) in [5.74, 6) is 0.668. The standard InChI is InChI=1S/C19H20Cl2N4/c20-16-7-6-15(12-17(16)21)13-19(22)9-11-24-18(25-19)23-10-8-14-4-2-1-3-5-14/h1-7,9,11-12H,8,10,13,22H2,(H2,23,24,25). The van der Waals surface area contributed by atoms with Gasteiger partial charge in [0.1, 0.15) is 5.66 Å². The Labute approximate surface area is 157 Å². The molecule has 0 amide bonds. The molecule has 130 valence electrons. The highest BCUT2D eigenvalue weighted by Crippen LogP contribution is 2.24. The maximum atomic E-state index is 6.46. The fraction of sp³-hybridized carbons (Fsp3) is 0.211. The van der Waals surface area contributed by atoms with Crippen LogP contribution in [0.1, 0.15) is 11.1 Å². The second-order valence-corrected chi connectivity index (χ2v) is 6.85. The molecule has 25 heavy (non-hydrogen) atoms. The van der Waals surface area contributed by atoms with Crippen LogP contribution in [0.5, 0.6) is 0 Å². The third-order valence-electron chi connectivity index (χ3n) is 3.95. The van der Waals surface area contributed by atoms with Crippen LogP contribution in [0.2, 0.25) is 10.0 Å². The number of rotatable bonds is 5. The van der Waals surface area contributed by atoms with Gasteiger partial charge < -0.3 is 16.4 Å². The van der Waals surface area contributed by atoms with E-state index in [0.717, 1.165) is 12.0 Å². The predicted molar refractivity (Wildman–Crippen MR) is 105 cm³/mol. The summed E-state index contributed by atoms with van der Waals surface area (Å²) in [6.07, 6.45) is 5.14. The zero-order valence-electron chi connectivity index (χ0n) is 13.7. The van der Waals surface area contributed by atoms with Crippen molar-refractivity contribution in [2.24, 2.45) is 10.7 Å². The van der Waals surface area contributed by atoms with Gasteiger partial charge in [0.2, 0.25) is 0 Å². The summed E-state index contributed by atoms with van der Waals surface area (Å²) in [7, 11) is 0. The third kappa shape index (κ3) is 4.98. The normalized spacial score (nSPS) is 21.0. The second kappa shape index (κ2) is 7.91. The van der Waals surface area contributed by atoms with Gasteiger partial charge in [0.05, 0.1) is 10.0 Å². The van der Waals surface area contributed by atoms with Crippen LogP contribution in [0.25, 0.3) is 0 Å². The van der Waals surface area contributed by atoms with Crippen molar-refractivity contribution >= 4 is 29.2 Å². The number of aliphatic imine (C=N–C) groups is 1. The number of guanidine groups is 1. The summed E-state index contributed by atoms with van der Waals surface area (Å²) >= 11 is 12.1. The highest BCUT2D eigenvalue weighted by molar-refractivity contribution is 6.42. The van der Waals surface area contributed by atoms with Crippen molar-refractivity contribution in [3.63, 3.8) is 0 Å². The number of benzene rings is 2. The van der Waals surface area contributed by atoms with E-state index < -0.39 is 5.66 Å². The molecule has 0 saturated heterocycles. The number of halogens is 2. The average Bonchev–Trinajstić information content (AvgIpc) is 2.59. The van der Waals surface area contributed by atoms with Crippen LogP contribution in [0.3, 0.4) is 0 Å². The third-order valence-corrected chi connectivity index (χ3v) is 4.68. The molecule has 0 spiro atoms. The Morgan fingerprint density at radius 3 is 2.56 bits per heavy atom. The lowest BCUT2D eigenvalue weighted by Gasteiger charge is -2.32. The van der Waals surface area contributed by atoms with E-state index in [1.54, 1.807) is 6.07 Å². The first kappa shape index (κ1) is 17.8. The van der Waals surface area contributed by atoms with Crippen molar-refractivity contribution in [1.29, 1.82) is 0 Å². The summed E-state index contributed by atoms with van der Waals surface area (Å²) < 4.78 is 0. The van der Waals surface area contributed by atoms with Crippen molar-refractivity contribution in [2.75, 3.05) is 6.54 Å². The van der Waals surface area contributed by atoms with Gasteiger partial charge in [-0.05, 0) is 35.8 Å². The van der Waals surface area contributed by atoms with E-state index in [1.807, 2.05) is 42.6 Å². The maximum Gasteiger partial charge on any atom is 0.197 e. The van der Waals surface area contributed by atoms with Gasteiger partial charge >= 0.3 is 0 Å². The minimum Gasteiger partial charge on any atom is -0.334 e. The second-order valence-electron chi connectivity index (χ2n) is 6.03.